The zero-order valence-corrected chi connectivity index (χ0v) is 35.7. The highest BCUT2D eigenvalue weighted by Crippen LogP contribution is 2.50. The smallest absolute Gasteiger partial charge is 0.160 e. The molecule has 1 aliphatic carbocycles. The number of hydrogen-bond donors (Lipinski definition) is 0. The molecular formula is C61H43N3. The summed E-state index contributed by atoms with van der Waals surface area (Å²) in [5.74, 6) is 0.706. The minimum absolute atomic E-state index is 0.0897. The predicted octanol–water partition coefficient (Wildman–Crippen LogP) is 15.9. The Balaban J connectivity index is 0.933. The Morgan fingerprint density at radius 3 is 1.38 bits per heavy atom. The highest BCUT2D eigenvalue weighted by molar-refractivity contribution is 6.09. The van der Waals surface area contributed by atoms with Crippen molar-refractivity contribution < 1.29 is 0 Å². The van der Waals surface area contributed by atoms with Gasteiger partial charge in [-0.1, -0.05) is 196 Å². The molecule has 3 heteroatoms. The summed E-state index contributed by atoms with van der Waals surface area (Å²) in [4.78, 5) is 10.1. The lowest BCUT2D eigenvalue weighted by molar-refractivity contribution is 0.660. The third kappa shape index (κ3) is 6.36. The second-order valence-corrected chi connectivity index (χ2v) is 17.4. The van der Waals surface area contributed by atoms with Crippen LogP contribution >= 0.6 is 0 Å². The second-order valence-electron chi connectivity index (χ2n) is 17.4. The van der Waals surface area contributed by atoms with Crippen LogP contribution in [-0.2, 0) is 5.41 Å². The van der Waals surface area contributed by atoms with Crippen molar-refractivity contribution in [2.75, 3.05) is 0 Å². The van der Waals surface area contributed by atoms with E-state index in [1.807, 2.05) is 12.1 Å². The third-order valence-electron chi connectivity index (χ3n) is 13.2. The Kier molecular flexibility index (Phi) is 8.84. The van der Waals surface area contributed by atoms with Gasteiger partial charge < -0.3 is 4.57 Å². The molecule has 1 aliphatic rings. The molecule has 3 nitrogen and oxygen atoms in total. The lowest BCUT2D eigenvalue weighted by Gasteiger charge is -2.22. The number of benzene rings is 9. The van der Waals surface area contributed by atoms with E-state index >= 15 is 0 Å². The third-order valence-corrected chi connectivity index (χ3v) is 13.2. The second kappa shape index (κ2) is 15.0. The van der Waals surface area contributed by atoms with Gasteiger partial charge in [-0.3, -0.25) is 0 Å². The number of rotatable bonds is 7. The van der Waals surface area contributed by atoms with Gasteiger partial charge in [-0.25, -0.2) is 9.97 Å². The molecule has 0 saturated carbocycles. The Morgan fingerprint density at radius 2 is 0.781 bits per heavy atom. The van der Waals surface area contributed by atoms with Crippen LogP contribution in [0.1, 0.15) is 25.0 Å². The number of nitrogens with zero attached hydrogens (tertiary/aromatic N) is 3. The predicted molar refractivity (Wildman–Crippen MR) is 267 cm³/mol. The van der Waals surface area contributed by atoms with Crippen molar-refractivity contribution in [1.82, 2.24) is 14.5 Å². The Morgan fingerprint density at radius 1 is 0.328 bits per heavy atom. The fraction of sp³-hybridized carbons (Fsp3) is 0.0492. The first-order valence-electron chi connectivity index (χ1n) is 22.1. The van der Waals surface area contributed by atoms with E-state index in [0.717, 1.165) is 50.5 Å². The molecule has 302 valence electrons. The van der Waals surface area contributed by atoms with Crippen LogP contribution in [0.4, 0.5) is 0 Å². The number of aromatic nitrogens is 3. The van der Waals surface area contributed by atoms with Crippen LogP contribution in [0.3, 0.4) is 0 Å². The van der Waals surface area contributed by atoms with Gasteiger partial charge >= 0.3 is 0 Å². The minimum Gasteiger partial charge on any atom is -0.309 e. The zero-order valence-electron chi connectivity index (χ0n) is 35.7. The van der Waals surface area contributed by atoms with E-state index in [4.69, 9.17) is 9.97 Å². The van der Waals surface area contributed by atoms with Gasteiger partial charge in [0.15, 0.2) is 5.82 Å². The van der Waals surface area contributed by atoms with Crippen LogP contribution in [0.25, 0.3) is 106 Å². The molecule has 11 aromatic rings. The molecule has 0 saturated heterocycles. The minimum atomic E-state index is -0.0897. The van der Waals surface area contributed by atoms with Crippen molar-refractivity contribution in [2.45, 2.75) is 19.3 Å². The van der Waals surface area contributed by atoms with Crippen LogP contribution in [0.15, 0.2) is 224 Å². The average molecular weight is 818 g/mol. The fourth-order valence-corrected chi connectivity index (χ4v) is 9.91. The van der Waals surface area contributed by atoms with Crippen LogP contribution in [0.2, 0.25) is 0 Å². The van der Waals surface area contributed by atoms with Crippen molar-refractivity contribution >= 4 is 21.8 Å². The Labute approximate surface area is 373 Å². The molecular weight excluding hydrogens is 775 g/mol. The van der Waals surface area contributed by atoms with E-state index in [9.17, 15) is 0 Å². The standard InChI is InChI=1S/C61H43N3/c1-61(2)54-22-12-9-19-50(54)51-34-33-46(38-55(51)61)48-35-47(36-49(37-48)64-58-23-13-10-20-52(58)53-21-11-14-24-59(53)64)42-27-25-40(26-28-42)41-29-31-45(32-30-41)60-62-56(43-15-5-3-6-16-43)39-57(63-60)44-17-7-4-8-18-44/h3-39H,1-2H3. The maximum Gasteiger partial charge on any atom is 0.160 e. The molecule has 0 N–H and O–H groups in total. The van der Waals surface area contributed by atoms with Gasteiger partial charge in [-0.15, -0.1) is 0 Å². The quantitative estimate of drug-likeness (QED) is 0.160. The molecule has 2 aromatic heterocycles. The SMILES string of the molecule is CC1(C)c2ccccc2-c2ccc(-c3cc(-c4ccc(-c5ccc(-c6nc(-c7ccccc7)cc(-c7ccccc7)n6)cc5)cc4)cc(-n4c5ccccc5c5ccccc54)c3)cc21. The van der Waals surface area contributed by atoms with E-state index in [-0.39, 0.29) is 5.41 Å². The Hall–Kier alpha value is -8.14. The summed E-state index contributed by atoms with van der Waals surface area (Å²) in [6.07, 6.45) is 0. The number of fused-ring (bicyclic) bond motifs is 6. The molecule has 0 amide bonds. The van der Waals surface area contributed by atoms with Crippen LogP contribution in [-0.4, -0.2) is 14.5 Å². The van der Waals surface area contributed by atoms with E-state index in [2.05, 4.69) is 231 Å². The van der Waals surface area contributed by atoms with E-state index in [1.54, 1.807) is 0 Å². The van der Waals surface area contributed by atoms with Gasteiger partial charge in [-0.2, -0.15) is 0 Å². The van der Waals surface area contributed by atoms with E-state index in [0.29, 0.717) is 5.82 Å². The van der Waals surface area contributed by atoms with Crippen LogP contribution in [0.5, 0.6) is 0 Å². The van der Waals surface area contributed by atoms with Gasteiger partial charge in [0.05, 0.1) is 22.4 Å². The van der Waals surface area contributed by atoms with Gasteiger partial charge in [-0.05, 0) is 98.1 Å². The summed E-state index contributed by atoms with van der Waals surface area (Å²) < 4.78 is 2.43. The maximum absolute atomic E-state index is 5.06. The van der Waals surface area contributed by atoms with Crippen molar-refractivity contribution in [3.05, 3.63) is 236 Å². The van der Waals surface area contributed by atoms with Gasteiger partial charge in [0, 0.05) is 38.6 Å². The molecule has 64 heavy (non-hydrogen) atoms. The van der Waals surface area contributed by atoms with Crippen molar-refractivity contribution in [3.8, 4) is 84.1 Å². The average Bonchev–Trinajstić information content (AvgIpc) is 3.82. The molecule has 0 fully saturated rings. The van der Waals surface area contributed by atoms with Gasteiger partial charge in [0.1, 0.15) is 0 Å². The molecule has 0 spiro atoms. The Bertz CT molecular complexity index is 3430. The molecule has 0 unspecified atom stereocenters. The van der Waals surface area contributed by atoms with Crippen molar-refractivity contribution in [3.63, 3.8) is 0 Å². The van der Waals surface area contributed by atoms with Crippen LogP contribution in [0, 0.1) is 0 Å². The molecule has 0 aliphatic heterocycles. The van der Waals surface area contributed by atoms with E-state index in [1.165, 1.54) is 60.8 Å². The van der Waals surface area contributed by atoms with Crippen molar-refractivity contribution in [1.29, 1.82) is 0 Å². The normalized spacial score (nSPS) is 12.7. The van der Waals surface area contributed by atoms with Crippen molar-refractivity contribution in [2.24, 2.45) is 0 Å². The monoisotopic (exact) mass is 817 g/mol. The largest absolute Gasteiger partial charge is 0.309 e. The molecule has 0 radical (unpaired) electrons. The van der Waals surface area contributed by atoms with Gasteiger partial charge in [0.2, 0.25) is 0 Å². The molecule has 2 heterocycles. The first kappa shape index (κ1) is 37.6. The lowest BCUT2D eigenvalue weighted by Crippen LogP contribution is -2.14. The summed E-state index contributed by atoms with van der Waals surface area (Å²) in [7, 11) is 0. The fourth-order valence-electron chi connectivity index (χ4n) is 9.91. The maximum atomic E-state index is 5.06. The molecule has 0 atom stereocenters. The summed E-state index contributed by atoms with van der Waals surface area (Å²) in [6, 6.07) is 81.0. The highest BCUT2D eigenvalue weighted by atomic mass is 15.0. The summed E-state index contributed by atoms with van der Waals surface area (Å²) in [5.41, 5.74) is 20.8. The molecule has 9 aromatic carbocycles. The lowest BCUT2D eigenvalue weighted by atomic mass is 9.81. The summed E-state index contributed by atoms with van der Waals surface area (Å²) in [6.45, 7) is 4.71. The first-order valence-corrected chi connectivity index (χ1v) is 22.1. The first-order chi connectivity index (χ1) is 31.5. The molecule has 0 bridgehead atoms. The summed E-state index contributed by atoms with van der Waals surface area (Å²) in [5, 5.41) is 2.51. The van der Waals surface area contributed by atoms with Crippen LogP contribution < -0.4 is 0 Å². The van der Waals surface area contributed by atoms with Gasteiger partial charge in [0.25, 0.3) is 0 Å². The zero-order chi connectivity index (χ0) is 42.8. The highest BCUT2D eigenvalue weighted by Gasteiger charge is 2.35. The number of hydrogen-bond acceptors (Lipinski definition) is 2. The topological polar surface area (TPSA) is 30.7 Å². The molecule has 12 rings (SSSR count). The number of para-hydroxylation sites is 2. The summed E-state index contributed by atoms with van der Waals surface area (Å²) >= 11 is 0. The van der Waals surface area contributed by atoms with E-state index < -0.39 is 0 Å².